The predicted molar refractivity (Wildman–Crippen MR) is 352 cm³/mol. The van der Waals surface area contributed by atoms with Crippen molar-refractivity contribution in [1.82, 2.24) is 0 Å². The van der Waals surface area contributed by atoms with Crippen molar-refractivity contribution in [2.24, 2.45) is 0 Å². The maximum absolute atomic E-state index is 12.9. The van der Waals surface area contributed by atoms with E-state index in [0.717, 1.165) is 154 Å². The van der Waals surface area contributed by atoms with Gasteiger partial charge in [-0.2, -0.15) is 0 Å². The Morgan fingerprint density at radius 2 is 0.481 bits per heavy atom. The van der Waals surface area contributed by atoms with Gasteiger partial charge < -0.3 is 14.2 Å². The van der Waals surface area contributed by atoms with E-state index in [1.807, 2.05) is 0 Å². The number of carbonyl (C=O) groups excluding carboxylic acids is 3. The zero-order chi connectivity index (χ0) is 58.5. The molecule has 81 heavy (non-hydrogen) atoms. The minimum Gasteiger partial charge on any atom is -0.462 e. The Hall–Kier alpha value is -4.97. The van der Waals surface area contributed by atoms with Crippen molar-refractivity contribution in [3.63, 3.8) is 0 Å². The zero-order valence-electron chi connectivity index (χ0n) is 52.2. The molecule has 456 valence electrons. The number of ether oxygens (including phenoxy) is 3. The number of hydrogen-bond donors (Lipinski definition) is 0. The lowest BCUT2D eigenvalue weighted by atomic mass is 10.0. The first-order chi connectivity index (χ1) is 40.0. The van der Waals surface area contributed by atoms with E-state index in [2.05, 4.69) is 179 Å². The predicted octanol–water partition coefficient (Wildman–Crippen LogP) is 22.9. The number of unbranched alkanes of at least 4 members (excludes halogenated alkanes) is 21. The summed E-state index contributed by atoms with van der Waals surface area (Å²) in [4.78, 5) is 38.3. The average molecular weight is 1120 g/mol. The normalized spacial score (nSPS) is 13.2. The largest absolute Gasteiger partial charge is 0.462 e. The van der Waals surface area contributed by atoms with Gasteiger partial charge in [-0.3, -0.25) is 14.4 Å². The molecule has 0 heterocycles. The molecule has 1 unspecified atom stereocenters. The summed E-state index contributed by atoms with van der Waals surface area (Å²) in [7, 11) is 0. The molecular weight excluding hydrogens is 997 g/mol. The molecule has 0 aliphatic carbocycles. The van der Waals surface area contributed by atoms with E-state index in [4.69, 9.17) is 14.2 Å². The topological polar surface area (TPSA) is 78.9 Å². The van der Waals surface area contributed by atoms with Gasteiger partial charge in [0.1, 0.15) is 13.2 Å². The minimum atomic E-state index is -0.807. The van der Waals surface area contributed by atoms with Crippen LogP contribution in [0.4, 0.5) is 0 Å². The molecule has 0 fully saturated rings. The Bertz CT molecular complexity index is 1810. The number of allylic oxidation sites excluding steroid dienone is 26. The number of carbonyl (C=O) groups is 3. The van der Waals surface area contributed by atoms with Gasteiger partial charge >= 0.3 is 17.9 Å². The van der Waals surface area contributed by atoms with Crippen LogP contribution in [-0.2, 0) is 28.6 Å². The lowest BCUT2D eigenvalue weighted by molar-refractivity contribution is -0.167. The van der Waals surface area contributed by atoms with Crippen LogP contribution in [0.5, 0.6) is 0 Å². The lowest BCUT2D eigenvalue weighted by Gasteiger charge is -2.18. The first-order valence-corrected chi connectivity index (χ1v) is 33.0. The van der Waals surface area contributed by atoms with Gasteiger partial charge in [0.25, 0.3) is 0 Å². The molecule has 0 aromatic heterocycles. The van der Waals surface area contributed by atoms with Crippen molar-refractivity contribution < 1.29 is 28.6 Å². The van der Waals surface area contributed by atoms with Crippen LogP contribution >= 0.6 is 0 Å². The molecule has 0 amide bonds. The van der Waals surface area contributed by atoms with Crippen LogP contribution in [0.25, 0.3) is 0 Å². The highest BCUT2D eigenvalue weighted by atomic mass is 16.6. The first-order valence-electron chi connectivity index (χ1n) is 33.0. The van der Waals surface area contributed by atoms with Crippen LogP contribution in [0, 0.1) is 0 Å². The molecule has 0 aliphatic rings. The summed E-state index contributed by atoms with van der Waals surface area (Å²) in [6, 6.07) is 0. The smallest absolute Gasteiger partial charge is 0.306 e. The number of esters is 3. The van der Waals surface area contributed by atoms with E-state index in [0.29, 0.717) is 12.8 Å². The molecule has 6 nitrogen and oxygen atoms in total. The highest BCUT2D eigenvalue weighted by Gasteiger charge is 2.19. The van der Waals surface area contributed by atoms with E-state index in [1.165, 1.54) is 83.5 Å². The van der Waals surface area contributed by atoms with Gasteiger partial charge in [-0.05, 0) is 141 Å². The molecule has 0 radical (unpaired) electrons. The maximum Gasteiger partial charge on any atom is 0.306 e. The van der Waals surface area contributed by atoms with Crippen LogP contribution < -0.4 is 0 Å². The zero-order valence-corrected chi connectivity index (χ0v) is 52.2. The summed E-state index contributed by atoms with van der Waals surface area (Å²) in [6.45, 7) is 6.33. The molecule has 0 aliphatic heterocycles. The third-order valence-corrected chi connectivity index (χ3v) is 13.5. The Labute approximate surface area is 499 Å². The van der Waals surface area contributed by atoms with Crippen molar-refractivity contribution in [1.29, 1.82) is 0 Å². The fraction of sp³-hybridized carbons (Fsp3) is 0.613. The molecule has 6 heteroatoms. The molecule has 0 aromatic carbocycles. The third kappa shape index (κ3) is 65.7. The second-order valence-electron chi connectivity index (χ2n) is 21.3. The molecule has 0 N–H and O–H groups in total. The SMILES string of the molecule is CC/C=C\C/C=C\C/C=C\C/C=C\C/C=C\C/C=C\C/C=C\CCCCCCCCCCCCCC(=O)OCC(COC(=O)CCCCCCC/C=C\CCCC)OC(=O)CCCCC/C=C\C/C=C\C/C=C\C/C=C\C/C=C\CC. The maximum atomic E-state index is 12.9. The molecule has 0 spiro atoms. The standard InChI is InChI=1S/C75H120O6/c1-4-7-10-13-16-19-22-24-26-28-30-31-32-33-34-35-36-37-38-39-40-41-42-43-45-46-48-50-53-56-59-62-65-68-74(77)80-71-72(70-79-73(76)67-64-61-58-55-52-21-18-15-12-9-6-3)81-75(78)69-66-63-60-57-54-51-49-47-44-29-27-25-23-20-17-14-11-8-5-2/h7-8,10-11,15-20,24-27,30-31,33-34,36-37,39-40,44,47,51,54,72H,4-6,9,12-14,21-23,28-29,32,35,38,41-43,45-46,48-50,52-53,55-71H2,1-3H3/b10-7-,11-8-,18-15-,19-16-,20-17-,26-24-,27-25-,31-30-,34-33-,37-36-,40-39-,47-44-,54-51-. The summed E-state index contributed by atoms with van der Waals surface area (Å²) in [5.41, 5.74) is 0. The number of hydrogen-bond acceptors (Lipinski definition) is 6. The molecule has 0 saturated carbocycles. The van der Waals surface area contributed by atoms with Gasteiger partial charge in [-0.25, -0.2) is 0 Å². The van der Waals surface area contributed by atoms with Gasteiger partial charge in [-0.15, -0.1) is 0 Å². The highest BCUT2D eigenvalue weighted by Crippen LogP contribution is 2.15. The highest BCUT2D eigenvalue weighted by molar-refractivity contribution is 5.71. The van der Waals surface area contributed by atoms with Crippen molar-refractivity contribution in [3.05, 3.63) is 158 Å². The van der Waals surface area contributed by atoms with E-state index >= 15 is 0 Å². The van der Waals surface area contributed by atoms with E-state index in [-0.39, 0.29) is 37.5 Å². The van der Waals surface area contributed by atoms with Crippen LogP contribution in [0.2, 0.25) is 0 Å². The molecule has 1 atom stereocenters. The molecular formula is C75H120O6. The van der Waals surface area contributed by atoms with Crippen molar-refractivity contribution in [2.45, 2.75) is 284 Å². The Kier molecular flexibility index (Phi) is 63.4. The summed E-state index contributed by atoms with van der Waals surface area (Å²) in [6.07, 6.45) is 98.3. The fourth-order valence-corrected chi connectivity index (χ4v) is 8.61. The second-order valence-corrected chi connectivity index (χ2v) is 21.3. The van der Waals surface area contributed by atoms with Crippen LogP contribution in [0.15, 0.2) is 158 Å². The molecule has 0 aromatic rings. The second kappa shape index (κ2) is 67.5. The number of rotatable bonds is 58. The summed E-state index contributed by atoms with van der Waals surface area (Å²) < 4.78 is 16.9. The molecule has 0 bridgehead atoms. The Morgan fingerprint density at radius 3 is 0.778 bits per heavy atom. The quantitative estimate of drug-likeness (QED) is 0.0261. The monoisotopic (exact) mass is 1120 g/mol. The van der Waals surface area contributed by atoms with Crippen LogP contribution in [-0.4, -0.2) is 37.2 Å². The van der Waals surface area contributed by atoms with Crippen LogP contribution in [0.1, 0.15) is 278 Å². The molecule has 0 rings (SSSR count). The lowest BCUT2D eigenvalue weighted by Crippen LogP contribution is -2.30. The van der Waals surface area contributed by atoms with Gasteiger partial charge in [0, 0.05) is 19.3 Å². The van der Waals surface area contributed by atoms with Crippen molar-refractivity contribution >= 4 is 17.9 Å². The summed E-state index contributed by atoms with van der Waals surface area (Å²) in [5.74, 6) is -0.948. The summed E-state index contributed by atoms with van der Waals surface area (Å²) in [5, 5.41) is 0. The third-order valence-electron chi connectivity index (χ3n) is 13.5. The first kappa shape index (κ1) is 76.0. The van der Waals surface area contributed by atoms with Crippen molar-refractivity contribution in [2.75, 3.05) is 13.2 Å². The average Bonchev–Trinajstić information content (AvgIpc) is 3.47. The molecule has 0 saturated heterocycles. The van der Waals surface area contributed by atoms with Gasteiger partial charge in [0.15, 0.2) is 6.10 Å². The van der Waals surface area contributed by atoms with Crippen LogP contribution in [0.3, 0.4) is 0 Å². The van der Waals surface area contributed by atoms with E-state index in [9.17, 15) is 14.4 Å². The summed E-state index contributed by atoms with van der Waals surface area (Å²) >= 11 is 0. The fourth-order valence-electron chi connectivity index (χ4n) is 8.61. The minimum absolute atomic E-state index is 0.101. The Balaban J connectivity index is 4.28. The van der Waals surface area contributed by atoms with E-state index in [1.54, 1.807) is 0 Å². The van der Waals surface area contributed by atoms with Gasteiger partial charge in [0.2, 0.25) is 0 Å². The van der Waals surface area contributed by atoms with Crippen molar-refractivity contribution in [3.8, 4) is 0 Å². The van der Waals surface area contributed by atoms with E-state index < -0.39 is 6.10 Å². The van der Waals surface area contributed by atoms with Gasteiger partial charge in [0.05, 0.1) is 0 Å². The Morgan fingerprint density at radius 1 is 0.259 bits per heavy atom. The van der Waals surface area contributed by atoms with Gasteiger partial charge in [-0.1, -0.05) is 275 Å².